The minimum atomic E-state index is -4.54. The van der Waals surface area contributed by atoms with E-state index in [-0.39, 0.29) is 25.1 Å². The van der Waals surface area contributed by atoms with Gasteiger partial charge in [0, 0.05) is 37.5 Å². The molecule has 1 aliphatic rings. The van der Waals surface area contributed by atoms with Crippen molar-refractivity contribution >= 4 is 5.91 Å². The lowest BCUT2D eigenvalue weighted by molar-refractivity contribution is -0.141. The summed E-state index contributed by atoms with van der Waals surface area (Å²) in [5, 5.41) is 14.6. The van der Waals surface area contributed by atoms with Gasteiger partial charge in [0.1, 0.15) is 17.9 Å². The van der Waals surface area contributed by atoms with E-state index in [1.807, 2.05) is 6.07 Å². The number of nitrogens with one attached hydrogen (secondary N) is 2. The SMILES string of the molecule is N#Cc1cnc(-c2ccc(C(F)(F)F)nc2)cc1CNC(=O)C1CC(F)CN1. The summed E-state index contributed by atoms with van der Waals surface area (Å²) in [7, 11) is 0. The molecule has 3 heterocycles. The van der Waals surface area contributed by atoms with Crippen LogP contribution in [-0.2, 0) is 17.5 Å². The number of carbonyl (C=O) groups excluding carboxylic acids is 1. The summed E-state index contributed by atoms with van der Waals surface area (Å²) in [4.78, 5) is 19.6. The van der Waals surface area contributed by atoms with Crippen molar-refractivity contribution in [3.8, 4) is 17.3 Å². The third kappa shape index (κ3) is 4.43. The molecule has 1 amide bonds. The van der Waals surface area contributed by atoms with Gasteiger partial charge in [-0.15, -0.1) is 0 Å². The highest BCUT2D eigenvalue weighted by Gasteiger charge is 2.32. The summed E-state index contributed by atoms with van der Waals surface area (Å²) in [5.74, 6) is -0.390. The number of carbonyl (C=O) groups is 1. The first-order valence-corrected chi connectivity index (χ1v) is 8.35. The number of amides is 1. The van der Waals surface area contributed by atoms with E-state index < -0.39 is 30.0 Å². The number of nitriles is 1. The van der Waals surface area contributed by atoms with E-state index >= 15 is 0 Å². The monoisotopic (exact) mass is 393 g/mol. The normalized spacial score (nSPS) is 19.2. The maximum Gasteiger partial charge on any atom is 0.433 e. The average Bonchev–Trinajstić information content (AvgIpc) is 3.11. The zero-order valence-electron chi connectivity index (χ0n) is 14.4. The Bertz CT molecular complexity index is 908. The number of hydrogen-bond acceptors (Lipinski definition) is 5. The van der Waals surface area contributed by atoms with Crippen LogP contribution >= 0.6 is 0 Å². The highest BCUT2D eigenvalue weighted by atomic mass is 19.4. The van der Waals surface area contributed by atoms with Gasteiger partial charge in [-0.2, -0.15) is 18.4 Å². The molecule has 2 N–H and O–H groups in total. The first-order valence-electron chi connectivity index (χ1n) is 8.35. The number of aromatic nitrogens is 2. The fourth-order valence-corrected chi connectivity index (χ4v) is 2.81. The van der Waals surface area contributed by atoms with Gasteiger partial charge in [0.25, 0.3) is 0 Å². The summed E-state index contributed by atoms with van der Waals surface area (Å²) in [5.41, 5.74) is 0.282. The topological polar surface area (TPSA) is 90.7 Å². The van der Waals surface area contributed by atoms with Gasteiger partial charge in [0.15, 0.2) is 0 Å². The Morgan fingerprint density at radius 1 is 1.32 bits per heavy atom. The summed E-state index contributed by atoms with van der Waals surface area (Å²) < 4.78 is 51.1. The van der Waals surface area contributed by atoms with E-state index in [1.165, 1.54) is 18.3 Å². The van der Waals surface area contributed by atoms with Crippen LogP contribution in [0.5, 0.6) is 0 Å². The number of halogens is 4. The number of nitrogens with zero attached hydrogens (tertiary/aromatic N) is 3. The molecule has 0 bridgehead atoms. The molecule has 0 radical (unpaired) electrons. The van der Waals surface area contributed by atoms with E-state index in [4.69, 9.17) is 0 Å². The van der Waals surface area contributed by atoms with Crippen molar-refractivity contribution in [1.82, 2.24) is 20.6 Å². The molecule has 3 rings (SSSR count). The van der Waals surface area contributed by atoms with Crippen LogP contribution < -0.4 is 10.6 Å². The molecule has 146 valence electrons. The Labute approximate surface area is 157 Å². The minimum Gasteiger partial charge on any atom is -0.351 e. The van der Waals surface area contributed by atoms with Gasteiger partial charge >= 0.3 is 6.18 Å². The number of rotatable bonds is 4. The zero-order valence-corrected chi connectivity index (χ0v) is 14.4. The third-order valence-corrected chi connectivity index (χ3v) is 4.31. The van der Waals surface area contributed by atoms with Crippen molar-refractivity contribution in [1.29, 1.82) is 5.26 Å². The van der Waals surface area contributed by atoms with Crippen LogP contribution in [0.4, 0.5) is 17.6 Å². The molecule has 2 aromatic heterocycles. The third-order valence-electron chi connectivity index (χ3n) is 4.31. The van der Waals surface area contributed by atoms with Crippen molar-refractivity contribution in [3.05, 3.63) is 47.4 Å². The molecule has 0 saturated carbocycles. The molecule has 0 spiro atoms. The Morgan fingerprint density at radius 2 is 2.11 bits per heavy atom. The predicted octanol–water partition coefficient (Wildman–Crippen LogP) is 2.35. The number of pyridine rings is 2. The smallest absolute Gasteiger partial charge is 0.351 e. The van der Waals surface area contributed by atoms with E-state index in [2.05, 4.69) is 20.6 Å². The summed E-state index contributed by atoms with van der Waals surface area (Å²) >= 11 is 0. The molecular weight excluding hydrogens is 378 g/mol. The molecule has 0 aliphatic carbocycles. The van der Waals surface area contributed by atoms with Crippen molar-refractivity contribution in [2.24, 2.45) is 0 Å². The summed E-state index contributed by atoms with van der Waals surface area (Å²) in [6.45, 7) is 0.113. The van der Waals surface area contributed by atoms with Crippen LogP contribution in [0.3, 0.4) is 0 Å². The Hall–Kier alpha value is -3.06. The van der Waals surface area contributed by atoms with Crippen molar-refractivity contribution < 1.29 is 22.4 Å². The molecule has 1 fully saturated rings. The highest BCUT2D eigenvalue weighted by Crippen LogP contribution is 2.29. The van der Waals surface area contributed by atoms with Crippen LogP contribution in [0.2, 0.25) is 0 Å². The largest absolute Gasteiger partial charge is 0.433 e. The fourth-order valence-electron chi connectivity index (χ4n) is 2.81. The second-order valence-electron chi connectivity index (χ2n) is 6.28. The quantitative estimate of drug-likeness (QED) is 0.779. The standard InChI is InChI=1S/C18H15F4N5O/c19-13-4-15(25-9-13)17(28)27-7-11-3-14(24-8-12(11)5-23)10-1-2-16(26-6-10)18(20,21)22/h1-3,6,8,13,15,25H,4,7,9H2,(H,27,28). The fraction of sp³-hybridized carbons (Fsp3) is 0.333. The molecular formula is C18H15F4N5O. The van der Waals surface area contributed by atoms with E-state index in [9.17, 15) is 27.6 Å². The molecule has 2 unspecified atom stereocenters. The van der Waals surface area contributed by atoms with Gasteiger partial charge in [-0.1, -0.05) is 0 Å². The minimum absolute atomic E-state index is 0.000439. The van der Waals surface area contributed by atoms with Crippen molar-refractivity contribution in [2.75, 3.05) is 6.54 Å². The van der Waals surface area contributed by atoms with Crippen molar-refractivity contribution in [2.45, 2.75) is 31.4 Å². The van der Waals surface area contributed by atoms with Gasteiger partial charge in [0.05, 0.1) is 17.3 Å². The average molecular weight is 393 g/mol. The lowest BCUT2D eigenvalue weighted by Gasteiger charge is -2.12. The van der Waals surface area contributed by atoms with Gasteiger partial charge < -0.3 is 10.6 Å². The number of hydrogen-bond donors (Lipinski definition) is 2. The van der Waals surface area contributed by atoms with Crippen LogP contribution in [0.25, 0.3) is 11.3 Å². The molecule has 1 aliphatic heterocycles. The Kier molecular flexibility index (Phi) is 5.56. The predicted molar refractivity (Wildman–Crippen MR) is 90.3 cm³/mol. The molecule has 10 heteroatoms. The van der Waals surface area contributed by atoms with Crippen LogP contribution in [0.15, 0.2) is 30.6 Å². The second-order valence-corrected chi connectivity index (χ2v) is 6.28. The van der Waals surface area contributed by atoms with E-state index in [0.29, 0.717) is 16.8 Å². The lowest BCUT2D eigenvalue weighted by atomic mass is 10.1. The van der Waals surface area contributed by atoms with Crippen LogP contribution in [0.1, 0.15) is 23.2 Å². The van der Waals surface area contributed by atoms with Gasteiger partial charge in [-0.25, -0.2) is 4.39 Å². The zero-order chi connectivity index (χ0) is 20.3. The summed E-state index contributed by atoms with van der Waals surface area (Å²) in [6, 6.07) is 4.89. The van der Waals surface area contributed by atoms with Crippen LogP contribution in [-0.4, -0.2) is 34.6 Å². The van der Waals surface area contributed by atoms with E-state index in [0.717, 1.165) is 12.3 Å². The highest BCUT2D eigenvalue weighted by molar-refractivity contribution is 5.82. The summed E-state index contributed by atoms with van der Waals surface area (Å²) in [6.07, 6.45) is -3.22. The first kappa shape index (κ1) is 19.7. The van der Waals surface area contributed by atoms with Crippen LogP contribution in [0, 0.1) is 11.3 Å². The molecule has 28 heavy (non-hydrogen) atoms. The maximum atomic E-state index is 13.2. The van der Waals surface area contributed by atoms with Crippen molar-refractivity contribution in [3.63, 3.8) is 0 Å². The Morgan fingerprint density at radius 3 is 2.68 bits per heavy atom. The second kappa shape index (κ2) is 7.90. The van der Waals surface area contributed by atoms with Gasteiger partial charge in [-0.05, 0) is 23.8 Å². The first-order chi connectivity index (χ1) is 13.3. The molecule has 1 saturated heterocycles. The van der Waals surface area contributed by atoms with Gasteiger partial charge in [-0.3, -0.25) is 14.8 Å². The molecule has 2 atom stereocenters. The lowest BCUT2D eigenvalue weighted by Crippen LogP contribution is -2.40. The van der Waals surface area contributed by atoms with E-state index in [1.54, 1.807) is 0 Å². The number of alkyl halides is 4. The maximum absolute atomic E-state index is 13.2. The molecule has 2 aromatic rings. The molecule has 0 aromatic carbocycles. The molecule has 6 nitrogen and oxygen atoms in total. The Balaban J connectivity index is 1.76. The van der Waals surface area contributed by atoms with Gasteiger partial charge in [0.2, 0.25) is 5.91 Å².